The lowest BCUT2D eigenvalue weighted by molar-refractivity contribution is -0.384. The van der Waals surface area contributed by atoms with E-state index in [1.54, 1.807) is 24.4 Å². The highest BCUT2D eigenvalue weighted by Crippen LogP contribution is 2.30. The van der Waals surface area contributed by atoms with E-state index < -0.39 is 4.92 Å². The number of anilines is 1. The molecule has 3 aromatic rings. The van der Waals surface area contributed by atoms with Gasteiger partial charge in [0.1, 0.15) is 18.0 Å². The van der Waals surface area contributed by atoms with Crippen LogP contribution in [0.2, 0.25) is 0 Å². The molecule has 1 amide bonds. The molecular weight excluding hydrogens is 348 g/mol. The highest BCUT2D eigenvalue weighted by atomic mass is 16.6. The number of non-ortho nitro benzene ring substituents is 1. The number of carbonyl (C=O) groups excluding carboxylic acids is 1. The van der Waals surface area contributed by atoms with Gasteiger partial charge in [-0.2, -0.15) is 5.10 Å². The Labute approximate surface area is 155 Å². The molecule has 8 nitrogen and oxygen atoms in total. The number of nitro groups is 1. The van der Waals surface area contributed by atoms with Crippen LogP contribution < -0.4 is 10.1 Å². The summed E-state index contributed by atoms with van der Waals surface area (Å²) in [7, 11) is 0. The quantitative estimate of drug-likeness (QED) is 0.528. The molecule has 0 bridgehead atoms. The first-order valence-corrected chi connectivity index (χ1v) is 8.23. The van der Waals surface area contributed by atoms with Gasteiger partial charge < -0.3 is 10.1 Å². The number of rotatable bonds is 6. The summed E-state index contributed by atoms with van der Waals surface area (Å²) in [4.78, 5) is 22.9. The Hall–Kier alpha value is -3.68. The summed E-state index contributed by atoms with van der Waals surface area (Å²) in [5.74, 6) is 0.476. The average Bonchev–Trinajstić information content (AvgIpc) is 2.99. The molecular formula is C19H18N4O4. The van der Waals surface area contributed by atoms with Gasteiger partial charge in [-0.15, -0.1) is 0 Å². The Morgan fingerprint density at radius 1 is 1.19 bits per heavy atom. The van der Waals surface area contributed by atoms with E-state index in [1.165, 1.54) is 16.8 Å². The molecule has 2 aromatic carbocycles. The Kier molecular flexibility index (Phi) is 5.16. The van der Waals surface area contributed by atoms with Crippen LogP contribution in [-0.2, 0) is 11.3 Å². The first-order valence-electron chi connectivity index (χ1n) is 8.23. The molecule has 0 saturated heterocycles. The molecule has 1 aromatic heterocycles. The van der Waals surface area contributed by atoms with Gasteiger partial charge >= 0.3 is 0 Å². The van der Waals surface area contributed by atoms with Crippen molar-refractivity contribution in [1.82, 2.24) is 9.78 Å². The van der Waals surface area contributed by atoms with Crippen LogP contribution in [0.3, 0.4) is 0 Å². The minimum Gasteiger partial charge on any atom is -0.457 e. The number of amides is 1. The van der Waals surface area contributed by atoms with E-state index in [-0.39, 0.29) is 29.6 Å². The molecule has 8 heteroatoms. The summed E-state index contributed by atoms with van der Waals surface area (Å²) in [6, 6.07) is 13.3. The lowest BCUT2D eigenvalue weighted by atomic mass is 10.2. The molecule has 27 heavy (non-hydrogen) atoms. The molecule has 0 aliphatic heterocycles. The van der Waals surface area contributed by atoms with Gasteiger partial charge in [0.25, 0.3) is 5.69 Å². The van der Waals surface area contributed by atoms with Crippen LogP contribution in [0.5, 0.6) is 11.5 Å². The summed E-state index contributed by atoms with van der Waals surface area (Å²) in [6.07, 6.45) is 1.60. The zero-order valence-electron chi connectivity index (χ0n) is 14.9. The van der Waals surface area contributed by atoms with E-state index >= 15 is 0 Å². The fourth-order valence-corrected chi connectivity index (χ4v) is 2.54. The monoisotopic (exact) mass is 366 g/mol. The number of hydrogen-bond acceptors (Lipinski definition) is 5. The van der Waals surface area contributed by atoms with E-state index in [0.717, 1.165) is 11.3 Å². The number of nitrogens with zero attached hydrogens (tertiary/aromatic N) is 3. The zero-order valence-corrected chi connectivity index (χ0v) is 14.9. The maximum Gasteiger partial charge on any atom is 0.275 e. The van der Waals surface area contributed by atoms with Crippen molar-refractivity contribution in [1.29, 1.82) is 0 Å². The molecule has 3 rings (SSSR count). The number of nitro benzene ring substituents is 1. The predicted molar refractivity (Wildman–Crippen MR) is 99.9 cm³/mol. The maximum atomic E-state index is 12.2. The number of aryl methyl sites for hydroxylation is 2. The van der Waals surface area contributed by atoms with Crippen LogP contribution >= 0.6 is 0 Å². The molecule has 0 saturated carbocycles. The van der Waals surface area contributed by atoms with Gasteiger partial charge in [-0.05, 0) is 37.6 Å². The normalized spacial score (nSPS) is 10.4. The minimum atomic E-state index is -0.531. The van der Waals surface area contributed by atoms with Gasteiger partial charge in [-0.1, -0.05) is 12.1 Å². The molecule has 0 radical (unpaired) electrons. The SMILES string of the molecule is Cc1cccc(Oc2cc(NC(=O)Cn3nccc3C)cc([N+](=O)[O-])c2)c1. The highest BCUT2D eigenvalue weighted by molar-refractivity contribution is 5.91. The third kappa shape index (κ3) is 4.69. The third-order valence-electron chi connectivity index (χ3n) is 3.83. The summed E-state index contributed by atoms with van der Waals surface area (Å²) in [5, 5.41) is 17.9. The Morgan fingerprint density at radius 3 is 2.67 bits per heavy atom. The van der Waals surface area contributed by atoms with Crippen LogP contribution in [0.25, 0.3) is 0 Å². The average molecular weight is 366 g/mol. The van der Waals surface area contributed by atoms with Crippen molar-refractivity contribution in [2.24, 2.45) is 0 Å². The number of carbonyl (C=O) groups is 1. The number of hydrogen-bond donors (Lipinski definition) is 1. The van der Waals surface area contributed by atoms with Gasteiger partial charge in [0.15, 0.2) is 0 Å². The highest BCUT2D eigenvalue weighted by Gasteiger charge is 2.14. The second-order valence-electron chi connectivity index (χ2n) is 6.07. The molecule has 1 N–H and O–H groups in total. The molecule has 0 atom stereocenters. The molecule has 1 heterocycles. The lowest BCUT2D eigenvalue weighted by Gasteiger charge is -2.10. The van der Waals surface area contributed by atoms with Gasteiger partial charge in [0.05, 0.1) is 16.7 Å². The van der Waals surface area contributed by atoms with Crippen LogP contribution in [0.1, 0.15) is 11.3 Å². The van der Waals surface area contributed by atoms with Gasteiger partial charge in [0, 0.05) is 24.0 Å². The molecule has 0 spiro atoms. The van der Waals surface area contributed by atoms with Crippen molar-refractivity contribution >= 4 is 17.3 Å². The number of benzene rings is 2. The predicted octanol–water partition coefficient (Wildman–Crippen LogP) is 3.84. The van der Waals surface area contributed by atoms with Crippen LogP contribution in [-0.4, -0.2) is 20.6 Å². The van der Waals surface area contributed by atoms with Crippen molar-refractivity contribution in [2.75, 3.05) is 5.32 Å². The summed E-state index contributed by atoms with van der Waals surface area (Å²) in [6.45, 7) is 3.76. The van der Waals surface area contributed by atoms with Gasteiger partial charge in [-0.3, -0.25) is 19.6 Å². The van der Waals surface area contributed by atoms with E-state index in [1.807, 2.05) is 32.0 Å². The Bertz CT molecular complexity index is 997. The van der Waals surface area contributed by atoms with Crippen molar-refractivity contribution in [3.05, 3.63) is 76.1 Å². The summed E-state index contributed by atoms with van der Waals surface area (Å²) < 4.78 is 7.26. The van der Waals surface area contributed by atoms with Gasteiger partial charge in [0.2, 0.25) is 5.91 Å². The van der Waals surface area contributed by atoms with Crippen LogP contribution in [0.15, 0.2) is 54.7 Å². The van der Waals surface area contributed by atoms with Crippen molar-refractivity contribution in [3.8, 4) is 11.5 Å². The number of nitrogens with one attached hydrogen (secondary N) is 1. The minimum absolute atomic E-state index is 0.00952. The topological polar surface area (TPSA) is 99.3 Å². The van der Waals surface area contributed by atoms with E-state index in [0.29, 0.717) is 5.75 Å². The second kappa shape index (κ2) is 7.69. The van der Waals surface area contributed by atoms with Crippen LogP contribution in [0, 0.1) is 24.0 Å². The zero-order chi connectivity index (χ0) is 19.4. The lowest BCUT2D eigenvalue weighted by Crippen LogP contribution is -2.20. The van der Waals surface area contributed by atoms with E-state index in [2.05, 4.69) is 10.4 Å². The van der Waals surface area contributed by atoms with Crippen LogP contribution in [0.4, 0.5) is 11.4 Å². The standard InChI is InChI=1S/C19H18N4O4/c1-13-4-3-5-17(8-13)27-18-10-15(9-16(11-18)23(25)26)21-19(24)12-22-14(2)6-7-20-22/h3-11H,12H2,1-2H3,(H,21,24). The number of aromatic nitrogens is 2. The second-order valence-corrected chi connectivity index (χ2v) is 6.07. The summed E-state index contributed by atoms with van der Waals surface area (Å²) in [5.41, 5.74) is 1.95. The maximum absolute atomic E-state index is 12.2. The fraction of sp³-hybridized carbons (Fsp3) is 0.158. The van der Waals surface area contributed by atoms with E-state index in [4.69, 9.17) is 4.74 Å². The van der Waals surface area contributed by atoms with Crippen molar-refractivity contribution < 1.29 is 14.5 Å². The molecule has 0 unspecified atom stereocenters. The smallest absolute Gasteiger partial charge is 0.275 e. The molecule has 0 aliphatic carbocycles. The van der Waals surface area contributed by atoms with E-state index in [9.17, 15) is 14.9 Å². The molecule has 138 valence electrons. The van der Waals surface area contributed by atoms with Gasteiger partial charge in [-0.25, -0.2) is 0 Å². The summed E-state index contributed by atoms with van der Waals surface area (Å²) >= 11 is 0. The Morgan fingerprint density at radius 2 is 2.00 bits per heavy atom. The first-order chi connectivity index (χ1) is 12.9. The third-order valence-corrected chi connectivity index (χ3v) is 3.83. The largest absolute Gasteiger partial charge is 0.457 e. The molecule has 0 aliphatic rings. The Balaban J connectivity index is 1.81. The van der Waals surface area contributed by atoms with Crippen molar-refractivity contribution in [3.63, 3.8) is 0 Å². The molecule has 0 fully saturated rings. The first kappa shape index (κ1) is 18.1. The number of ether oxygens (including phenoxy) is 1. The van der Waals surface area contributed by atoms with Crippen molar-refractivity contribution in [2.45, 2.75) is 20.4 Å². The fourth-order valence-electron chi connectivity index (χ4n) is 2.54.